The molecule has 21 heavy (non-hydrogen) atoms. The molecule has 0 aliphatic carbocycles. The van der Waals surface area contributed by atoms with Crippen LogP contribution in [0.15, 0.2) is 48.7 Å². The number of nitrogens with two attached hydrogens (primary N) is 1. The van der Waals surface area contributed by atoms with E-state index in [1.807, 2.05) is 36.4 Å². The fourth-order valence-corrected chi connectivity index (χ4v) is 1.66. The monoisotopic (exact) mass is 285 g/mol. The lowest BCUT2D eigenvalue weighted by Crippen LogP contribution is -2.32. The van der Waals surface area contributed by atoms with Gasteiger partial charge in [-0.1, -0.05) is 31.2 Å². The highest BCUT2D eigenvalue weighted by molar-refractivity contribution is 5.78. The lowest BCUT2D eigenvalue weighted by atomic mass is 10.1. The summed E-state index contributed by atoms with van der Waals surface area (Å²) in [5.74, 6) is 1.02. The zero-order valence-corrected chi connectivity index (χ0v) is 12.0. The molecule has 5 heteroatoms. The zero-order valence-electron chi connectivity index (χ0n) is 12.0. The second-order valence-electron chi connectivity index (χ2n) is 4.77. The first kappa shape index (κ1) is 15.0. The maximum Gasteiger partial charge on any atom is 0.224 e. The van der Waals surface area contributed by atoms with E-state index in [2.05, 4.69) is 10.3 Å². The Morgan fingerprint density at radius 1 is 1.29 bits per heavy atom. The summed E-state index contributed by atoms with van der Waals surface area (Å²) in [6.07, 6.45) is 1.69. The molecule has 2 rings (SSSR count). The van der Waals surface area contributed by atoms with Crippen LogP contribution >= 0.6 is 0 Å². The Hall–Kier alpha value is -2.40. The van der Waals surface area contributed by atoms with E-state index in [0.29, 0.717) is 19.0 Å². The number of hydrogen-bond acceptors (Lipinski definition) is 4. The van der Waals surface area contributed by atoms with Crippen LogP contribution in [0, 0.1) is 5.92 Å². The molecule has 2 aromatic rings. The third-order valence-corrected chi connectivity index (χ3v) is 3.03. The van der Waals surface area contributed by atoms with Gasteiger partial charge in [-0.05, 0) is 17.7 Å². The molecule has 1 unspecified atom stereocenters. The quantitative estimate of drug-likeness (QED) is 0.852. The molecule has 5 nitrogen and oxygen atoms in total. The molecular weight excluding hydrogens is 266 g/mol. The Morgan fingerprint density at radius 3 is 2.67 bits per heavy atom. The van der Waals surface area contributed by atoms with Crippen molar-refractivity contribution < 1.29 is 9.53 Å². The van der Waals surface area contributed by atoms with Crippen LogP contribution in [0.3, 0.4) is 0 Å². The number of benzene rings is 1. The van der Waals surface area contributed by atoms with Crippen LogP contribution < -0.4 is 15.8 Å². The van der Waals surface area contributed by atoms with Gasteiger partial charge in [0.1, 0.15) is 5.75 Å². The largest absolute Gasteiger partial charge is 0.439 e. The molecule has 0 fully saturated rings. The maximum absolute atomic E-state index is 11.6. The van der Waals surface area contributed by atoms with Crippen LogP contribution in [-0.2, 0) is 11.3 Å². The highest BCUT2D eigenvalue weighted by Gasteiger charge is 2.09. The van der Waals surface area contributed by atoms with Crippen LogP contribution in [0.4, 0.5) is 0 Å². The van der Waals surface area contributed by atoms with E-state index >= 15 is 0 Å². The molecule has 1 heterocycles. The minimum absolute atomic E-state index is 0.0536. The van der Waals surface area contributed by atoms with Gasteiger partial charge in [0.25, 0.3) is 0 Å². The summed E-state index contributed by atoms with van der Waals surface area (Å²) in [4.78, 5) is 15.8. The van der Waals surface area contributed by atoms with Crippen molar-refractivity contribution in [2.45, 2.75) is 13.5 Å². The Bertz CT molecular complexity index is 570. The standard InChI is InChI=1S/C16H19N3O2/c1-12(9-17)16(20)19-11-13-7-8-15(18-10-13)21-14-5-3-2-4-6-14/h2-8,10,12H,9,11,17H2,1H3,(H,19,20). The highest BCUT2D eigenvalue weighted by Crippen LogP contribution is 2.18. The fraction of sp³-hybridized carbons (Fsp3) is 0.250. The summed E-state index contributed by atoms with van der Waals surface area (Å²) in [7, 11) is 0. The van der Waals surface area contributed by atoms with Gasteiger partial charge in [0, 0.05) is 31.3 Å². The molecule has 0 aliphatic heterocycles. The minimum Gasteiger partial charge on any atom is -0.439 e. The van der Waals surface area contributed by atoms with Crippen molar-refractivity contribution in [3.8, 4) is 11.6 Å². The Kier molecular flexibility index (Phi) is 5.29. The number of carbonyl (C=O) groups excluding carboxylic acids is 1. The van der Waals surface area contributed by atoms with Crippen LogP contribution in [-0.4, -0.2) is 17.4 Å². The average Bonchev–Trinajstić information content (AvgIpc) is 2.54. The number of ether oxygens (including phenoxy) is 1. The molecule has 1 atom stereocenters. The van der Waals surface area contributed by atoms with Gasteiger partial charge in [0.05, 0.1) is 0 Å². The minimum atomic E-state index is -0.182. The number of nitrogens with one attached hydrogen (secondary N) is 1. The molecule has 3 N–H and O–H groups in total. The predicted molar refractivity (Wildman–Crippen MR) is 80.8 cm³/mol. The molecule has 0 bridgehead atoms. The Labute approximate surface area is 124 Å². The van der Waals surface area contributed by atoms with Crippen LogP contribution in [0.25, 0.3) is 0 Å². The lowest BCUT2D eigenvalue weighted by Gasteiger charge is -2.10. The van der Waals surface area contributed by atoms with Gasteiger partial charge < -0.3 is 15.8 Å². The number of hydrogen-bond donors (Lipinski definition) is 2. The van der Waals surface area contributed by atoms with Crippen molar-refractivity contribution in [1.82, 2.24) is 10.3 Å². The van der Waals surface area contributed by atoms with E-state index < -0.39 is 0 Å². The van der Waals surface area contributed by atoms with E-state index in [-0.39, 0.29) is 11.8 Å². The smallest absolute Gasteiger partial charge is 0.224 e. The number of amides is 1. The third kappa shape index (κ3) is 4.57. The first-order valence-corrected chi connectivity index (χ1v) is 6.84. The Morgan fingerprint density at radius 2 is 2.05 bits per heavy atom. The van der Waals surface area contributed by atoms with Gasteiger partial charge >= 0.3 is 0 Å². The molecule has 110 valence electrons. The number of para-hydroxylation sites is 1. The van der Waals surface area contributed by atoms with Gasteiger partial charge in [0.15, 0.2) is 0 Å². The van der Waals surface area contributed by atoms with Crippen molar-refractivity contribution in [3.05, 3.63) is 54.2 Å². The normalized spacial score (nSPS) is 11.7. The number of carbonyl (C=O) groups is 1. The molecule has 0 saturated heterocycles. The van der Waals surface area contributed by atoms with Crippen LogP contribution in [0.2, 0.25) is 0 Å². The van der Waals surface area contributed by atoms with Gasteiger partial charge in [-0.25, -0.2) is 4.98 Å². The molecule has 1 aromatic carbocycles. The number of pyridine rings is 1. The molecule has 0 aliphatic rings. The number of nitrogens with zero attached hydrogens (tertiary/aromatic N) is 1. The topological polar surface area (TPSA) is 77.2 Å². The first-order valence-electron chi connectivity index (χ1n) is 6.84. The van der Waals surface area contributed by atoms with Gasteiger partial charge in [-0.2, -0.15) is 0 Å². The van der Waals surface area contributed by atoms with Crippen molar-refractivity contribution in [2.75, 3.05) is 6.54 Å². The van der Waals surface area contributed by atoms with E-state index in [4.69, 9.17) is 10.5 Å². The molecule has 0 spiro atoms. The average molecular weight is 285 g/mol. The summed E-state index contributed by atoms with van der Waals surface area (Å²) in [6, 6.07) is 13.1. The summed E-state index contributed by atoms with van der Waals surface area (Å²) in [5.41, 5.74) is 6.36. The molecule has 0 radical (unpaired) electrons. The van der Waals surface area contributed by atoms with E-state index in [9.17, 15) is 4.79 Å². The van der Waals surface area contributed by atoms with E-state index in [0.717, 1.165) is 11.3 Å². The first-order chi connectivity index (χ1) is 10.2. The van der Waals surface area contributed by atoms with Gasteiger partial charge in [0.2, 0.25) is 11.8 Å². The molecule has 1 amide bonds. The summed E-state index contributed by atoms with van der Waals surface area (Å²) >= 11 is 0. The molecular formula is C16H19N3O2. The summed E-state index contributed by atoms with van der Waals surface area (Å²) in [5, 5.41) is 2.82. The number of aromatic nitrogens is 1. The SMILES string of the molecule is CC(CN)C(=O)NCc1ccc(Oc2ccccc2)nc1. The van der Waals surface area contributed by atoms with Crippen molar-refractivity contribution in [1.29, 1.82) is 0 Å². The molecule has 1 aromatic heterocycles. The van der Waals surface area contributed by atoms with E-state index in [1.54, 1.807) is 19.2 Å². The van der Waals surface area contributed by atoms with Crippen LogP contribution in [0.1, 0.15) is 12.5 Å². The lowest BCUT2D eigenvalue weighted by molar-refractivity contribution is -0.124. The second kappa shape index (κ2) is 7.40. The van der Waals surface area contributed by atoms with E-state index in [1.165, 1.54) is 0 Å². The summed E-state index contributed by atoms with van der Waals surface area (Å²) in [6.45, 7) is 2.57. The molecule has 0 saturated carbocycles. The highest BCUT2D eigenvalue weighted by atomic mass is 16.5. The van der Waals surface area contributed by atoms with Crippen molar-refractivity contribution in [3.63, 3.8) is 0 Å². The maximum atomic E-state index is 11.6. The summed E-state index contributed by atoms with van der Waals surface area (Å²) < 4.78 is 5.60. The Balaban J connectivity index is 1.89. The van der Waals surface area contributed by atoms with Gasteiger partial charge in [-0.3, -0.25) is 4.79 Å². The van der Waals surface area contributed by atoms with Crippen molar-refractivity contribution >= 4 is 5.91 Å². The van der Waals surface area contributed by atoms with Gasteiger partial charge in [-0.15, -0.1) is 0 Å². The van der Waals surface area contributed by atoms with Crippen LogP contribution in [0.5, 0.6) is 11.6 Å². The second-order valence-corrected chi connectivity index (χ2v) is 4.77. The zero-order chi connectivity index (χ0) is 15.1. The third-order valence-electron chi connectivity index (χ3n) is 3.03. The van der Waals surface area contributed by atoms with Crippen molar-refractivity contribution in [2.24, 2.45) is 11.7 Å². The number of rotatable bonds is 6. The predicted octanol–water partition coefficient (Wildman–Crippen LogP) is 2.08. The fourth-order valence-electron chi connectivity index (χ4n) is 1.66.